The number of carbonyl (C=O) groups excluding carboxylic acids is 1. The van der Waals surface area contributed by atoms with E-state index in [0.29, 0.717) is 18.1 Å². The third-order valence-corrected chi connectivity index (χ3v) is 6.05. The molecule has 4 rings (SSSR count). The van der Waals surface area contributed by atoms with Crippen molar-refractivity contribution in [2.75, 3.05) is 39.9 Å². The SMILES string of the molecule is COCC1CCN(C(=O)c2cccc(OC3CCN(Cc4ccncc4)CC3)c2)C1. The van der Waals surface area contributed by atoms with E-state index >= 15 is 0 Å². The molecule has 0 radical (unpaired) electrons. The van der Waals surface area contributed by atoms with Gasteiger partial charge in [0.1, 0.15) is 11.9 Å². The van der Waals surface area contributed by atoms with Gasteiger partial charge in [-0.3, -0.25) is 14.7 Å². The highest BCUT2D eigenvalue weighted by Crippen LogP contribution is 2.24. The van der Waals surface area contributed by atoms with E-state index in [9.17, 15) is 4.79 Å². The van der Waals surface area contributed by atoms with Crippen molar-refractivity contribution in [1.29, 1.82) is 0 Å². The number of methoxy groups -OCH3 is 1. The first-order valence-electron chi connectivity index (χ1n) is 10.9. The van der Waals surface area contributed by atoms with Crippen LogP contribution in [0, 0.1) is 5.92 Å². The van der Waals surface area contributed by atoms with Crippen LogP contribution in [0.4, 0.5) is 0 Å². The molecule has 0 spiro atoms. The third-order valence-electron chi connectivity index (χ3n) is 6.05. The molecule has 1 atom stereocenters. The fraction of sp³-hybridized carbons (Fsp3) is 0.500. The molecule has 1 unspecified atom stereocenters. The van der Waals surface area contributed by atoms with Gasteiger partial charge < -0.3 is 14.4 Å². The molecule has 6 heteroatoms. The number of nitrogens with zero attached hydrogens (tertiary/aromatic N) is 3. The normalized spacial score (nSPS) is 20.4. The highest BCUT2D eigenvalue weighted by molar-refractivity contribution is 5.94. The van der Waals surface area contributed by atoms with E-state index in [1.165, 1.54) is 5.56 Å². The molecule has 1 aromatic heterocycles. The molecular formula is C24H31N3O3. The van der Waals surface area contributed by atoms with Crippen molar-refractivity contribution in [1.82, 2.24) is 14.8 Å². The lowest BCUT2D eigenvalue weighted by Crippen LogP contribution is -2.37. The van der Waals surface area contributed by atoms with Crippen LogP contribution >= 0.6 is 0 Å². The Kier molecular flexibility index (Phi) is 6.97. The van der Waals surface area contributed by atoms with Gasteiger partial charge in [0.15, 0.2) is 0 Å². The van der Waals surface area contributed by atoms with E-state index in [1.54, 1.807) is 7.11 Å². The van der Waals surface area contributed by atoms with Crippen molar-refractivity contribution in [3.63, 3.8) is 0 Å². The summed E-state index contributed by atoms with van der Waals surface area (Å²) in [5, 5.41) is 0. The summed E-state index contributed by atoms with van der Waals surface area (Å²) in [6.45, 7) is 5.27. The van der Waals surface area contributed by atoms with Gasteiger partial charge >= 0.3 is 0 Å². The van der Waals surface area contributed by atoms with Crippen LogP contribution in [-0.2, 0) is 11.3 Å². The lowest BCUT2D eigenvalue weighted by Gasteiger charge is -2.32. The van der Waals surface area contributed by atoms with Crippen LogP contribution in [0.25, 0.3) is 0 Å². The standard InChI is InChI=1S/C24H31N3O3/c1-29-18-20-7-14-27(17-20)24(28)21-3-2-4-23(15-21)30-22-8-12-26(13-9-22)16-19-5-10-25-11-6-19/h2-6,10-11,15,20,22H,7-9,12-14,16-18H2,1H3. The maximum absolute atomic E-state index is 12.9. The number of pyridine rings is 1. The first-order chi connectivity index (χ1) is 14.7. The van der Waals surface area contributed by atoms with Crippen LogP contribution in [0.5, 0.6) is 5.75 Å². The molecule has 6 nitrogen and oxygen atoms in total. The summed E-state index contributed by atoms with van der Waals surface area (Å²) in [7, 11) is 1.72. The summed E-state index contributed by atoms with van der Waals surface area (Å²) < 4.78 is 11.5. The predicted molar refractivity (Wildman–Crippen MR) is 115 cm³/mol. The lowest BCUT2D eigenvalue weighted by atomic mass is 10.1. The highest BCUT2D eigenvalue weighted by atomic mass is 16.5. The molecule has 2 aliphatic rings. The molecular weight excluding hydrogens is 378 g/mol. The van der Waals surface area contributed by atoms with Gasteiger partial charge in [0.05, 0.1) is 6.61 Å². The van der Waals surface area contributed by atoms with Gasteiger partial charge in [0.25, 0.3) is 5.91 Å². The Bertz CT molecular complexity index is 821. The topological polar surface area (TPSA) is 54.9 Å². The van der Waals surface area contributed by atoms with Crippen molar-refractivity contribution < 1.29 is 14.3 Å². The molecule has 2 aliphatic heterocycles. The Morgan fingerprint density at radius 3 is 2.67 bits per heavy atom. The van der Waals surface area contributed by atoms with Gasteiger partial charge in [0.2, 0.25) is 0 Å². The zero-order valence-corrected chi connectivity index (χ0v) is 17.7. The number of carbonyl (C=O) groups is 1. The Morgan fingerprint density at radius 1 is 1.10 bits per heavy atom. The van der Waals surface area contributed by atoms with Crippen LogP contribution in [0.15, 0.2) is 48.8 Å². The van der Waals surface area contributed by atoms with Gasteiger partial charge in [-0.25, -0.2) is 0 Å². The molecule has 0 saturated carbocycles. The van der Waals surface area contributed by atoms with Gasteiger partial charge in [-0.05, 0) is 55.2 Å². The van der Waals surface area contributed by atoms with Crippen molar-refractivity contribution in [3.05, 3.63) is 59.9 Å². The largest absolute Gasteiger partial charge is 0.490 e. The van der Waals surface area contributed by atoms with Gasteiger partial charge in [0, 0.05) is 63.7 Å². The minimum absolute atomic E-state index is 0.0891. The predicted octanol–water partition coefficient (Wildman–Crippen LogP) is 3.23. The molecule has 0 N–H and O–H groups in total. The summed E-state index contributed by atoms with van der Waals surface area (Å²) in [5.74, 6) is 1.32. The lowest BCUT2D eigenvalue weighted by molar-refractivity contribution is 0.0772. The average molecular weight is 410 g/mol. The summed E-state index contributed by atoms with van der Waals surface area (Å²) >= 11 is 0. The number of aromatic nitrogens is 1. The van der Waals surface area contributed by atoms with E-state index in [1.807, 2.05) is 41.6 Å². The number of piperidine rings is 1. The Labute approximate surface area is 178 Å². The Morgan fingerprint density at radius 2 is 1.90 bits per heavy atom. The maximum Gasteiger partial charge on any atom is 0.253 e. The number of amides is 1. The molecule has 3 heterocycles. The fourth-order valence-electron chi connectivity index (χ4n) is 4.40. The third kappa shape index (κ3) is 5.37. The second-order valence-electron chi connectivity index (χ2n) is 8.34. The molecule has 2 saturated heterocycles. The Hall–Kier alpha value is -2.44. The van der Waals surface area contributed by atoms with Crippen LogP contribution < -0.4 is 4.74 Å². The molecule has 160 valence electrons. The summed E-state index contributed by atoms with van der Waals surface area (Å²) in [6.07, 6.45) is 6.89. The van der Waals surface area contributed by atoms with Crippen LogP contribution in [0.3, 0.4) is 0 Å². The Balaban J connectivity index is 1.28. The minimum atomic E-state index is 0.0891. The van der Waals surface area contributed by atoms with Gasteiger partial charge in [-0.1, -0.05) is 6.07 Å². The van der Waals surface area contributed by atoms with Crippen molar-refractivity contribution in [2.24, 2.45) is 5.92 Å². The molecule has 2 aromatic rings. The average Bonchev–Trinajstić information content (AvgIpc) is 3.24. The second kappa shape index (κ2) is 10.0. The second-order valence-corrected chi connectivity index (χ2v) is 8.34. The minimum Gasteiger partial charge on any atom is -0.490 e. The smallest absolute Gasteiger partial charge is 0.253 e. The molecule has 1 aromatic carbocycles. The fourth-order valence-corrected chi connectivity index (χ4v) is 4.40. The van der Waals surface area contributed by atoms with E-state index < -0.39 is 0 Å². The quantitative estimate of drug-likeness (QED) is 0.703. The number of hydrogen-bond acceptors (Lipinski definition) is 5. The number of hydrogen-bond donors (Lipinski definition) is 0. The molecule has 2 fully saturated rings. The van der Waals surface area contributed by atoms with Crippen LogP contribution in [-0.4, -0.2) is 66.7 Å². The monoisotopic (exact) mass is 409 g/mol. The van der Waals surface area contributed by atoms with Crippen molar-refractivity contribution in [2.45, 2.75) is 31.9 Å². The van der Waals surface area contributed by atoms with E-state index in [0.717, 1.165) is 57.7 Å². The zero-order valence-electron chi connectivity index (χ0n) is 17.7. The summed E-state index contributed by atoms with van der Waals surface area (Å²) in [4.78, 5) is 21.3. The number of ether oxygens (including phenoxy) is 2. The van der Waals surface area contributed by atoms with E-state index in [2.05, 4.69) is 22.0 Å². The van der Waals surface area contributed by atoms with Crippen molar-refractivity contribution >= 4 is 5.91 Å². The molecule has 0 bridgehead atoms. The van der Waals surface area contributed by atoms with Crippen LogP contribution in [0.2, 0.25) is 0 Å². The van der Waals surface area contributed by atoms with E-state index in [4.69, 9.17) is 9.47 Å². The van der Waals surface area contributed by atoms with Gasteiger partial charge in [-0.2, -0.15) is 0 Å². The van der Waals surface area contributed by atoms with Crippen LogP contribution in [0.1, 0.15) is 35.2 Å². The first-order valence-corrected chi connectivity index (χ1v) is 10.9. The molecule has 1 amide bonds. The number of rotatable bonds is 7. The van der Waals surface area contributed by atoms with E-state index in [-0.39, 0.29) is 12.0 Å². The van der Waals surface area contributed by atoms with Gasteiger partial charge in [-0.15, -0.1) is 0 Å². The molecule has 0 aliphatic carbocycles. The number of benzene rings is 1. The van der Waals surface area contributed by atoms with Crippen molar-refractivity contribution in [3.8, 4) is 5.75 Å². The summed E-state index contributed by atoms with van der Waals surface area (Å²) in [6, 6.07) is 11.8. The highest BCUT2D eigenvalue weighted by Gasteiger charge is 2.27. The molecule has 30 heavy (non-hydrogen) atoms. The first kappa shape index (κ1) is 20.8. The summed E-state index contributed by atoms with van der Waals surface area (Å²) in [5.41, 5.74) is 2.01. The zero-order chi connectivity index (χ0) is 20.8. The maximum atomic E-state index is 12.9. The number of likely N-dealkylation sites (tertiary alicyclic amines) is 2.